The topological polar surface area (TPSA) is 86.9 Å². The molecule has 0 unspecified atom stereocenters. The molecule has 3 rings (SSSR count). The van der Waals surface area contributed by atoms with E-state index in [1.807, 2.05) is 25.2 Å². The molecule has 1 amide bonds. The standard InChI is InChI=1S/C22H31N3O5/c1-25(12-11-17-6-4-5-13-29-17)22(26)10-9-20-23-24-21(30-20)15-16-14-18(27-2)7-8-19(16)28-3/h7-8,14,17H,4-6,9-13,15H2,1-3H3/t17-/m0/s1. The van der Waals surface area contributed by atoms with Crippen LogP contribution in [0.5, 0.6) is 11.5 Å². The van der Waals surface area contributed by atoms with Gasteiger partial charge in [0.1, 0.15) is 11.5 Å². The minimum Gasteiger partial charge on any atom is -0.497 e. The molecule has 2 aromatic rings. The Hall–Kier alpha value is -2.61. The molecular weight excluding hydrogens is 386 g/mol. The Bertz CT molecular complexity index is 817. The Morgan fingerprint density at radius 1 is 1.20 bits per heavy atom. The number of amides is 1. The van der Waals surface area contributed by atoms with Crippen LogP contribution in [0.4, 0.5) is 0 Å². The lowest BCUT2D eigenvalue weighted by Crippen LogP contribution is -2.31. The van der Waals surface area contributed by atoms with Gasteiger partial charge in [-0.15, -0.1) is 10.2 Å². The predicted octanol–water partition coefficient (Wildman–Crippen LogP) is 3.03. The van der Waals surface area contributed by atoms with Gasteiger partial charge in [-0.1, -0.05) is 0 Å². The SMILES string of the molecule is COc1ccc(OC)c(Cc2nnc(CCC(=O)N(C)CC[C@@H]3CCCCO3)o2)c1. The summed E-state index contributed by atoms with van der Waals surface area (Å²) < 4.78 is 22.1. The molecule has 164 valence electrons. The number of aromatic nitrogens is 2. The fraction of sp³-hybridized carbons (Fsp3) is 0.591. The van der Waals surface area contributed by atoms with Gasteiger partial charge in [0.15, 0.2) is 0 Å². The van der Waals surface area contributed by atoms with Gasteiger partial charge in [-0.3, -0.25) is 4.79 Å². The molecule has 30 heavy (non-hydrogen) atoms. The summed E-state index contributed by atoms with van der Waals surface area (Å²) in [4.78, 5) is 14.2. The van der Waals surface area contributed by atoms with Crippen molar-refractivity contribution in [3.8, 4) is 11.5 Å². The van der Waals surface area contributed by atoms with Crippen molar-refractivity contribution >= 4 is 5.91 Å². The van der Waals surface area contributed by atoms with Gasteiger partial charge in [0.25, 0.3) is 0 Å². The second-order valence-corrected chi connectivity index (χ2v) is 7.54. The van der Waals surface area contributed by atoms with Crippen LogP contribution in [0.3, 0.4) is 0 Å². The van der Waals surface area contributed by atoms with Crippen molar-refractivity contribution in [2.45, 2.75) is 51.0 Å². The number of hydrogen-bond donors (Lipinski definition) is 0. The van der Waals surface area contributed by atoms with Crippen LogP contribution in [0.15, 0.2) is 22.6 Å². The molecule has 2 heterocycles. The van der Waals surface area contributed by atoms with Crippen LogP contribution in [0.1, 0.15) is 49.4 Å². The smallest absolute Gasteiger partial charge is 0.222 e. The maximum absolute atomic E-state index is 12.4. The molecule has 1 saturated heterocycles. The van der Waals surface area contributed by atoms with Gasteiger partial charge in [-0.25, -0.2) is 0 Å². The lowest BCUT2D eigenvalue weighted by molar-refractivity contribution is -0.130. The molecule has 0 aliphatic carbocycles. The van der Waals surface area contributed by atoms with Gasteiger partial charge < -0.3 is 23.5 Å². The lowest BCUT2D eigenvalue weighted by atomic mass is 10.1. The van der Waals surface area contributed by atoms with E-state index in [0.29, 0.717) is 37.6 Å². The minimum absolute atomic E-state index is 0.0695. The maximum Gasteiger partial charge on any atom is 0.222 e. The number of benzene rings is 1. The number of hydrogen-bond acceptors (Lipinski definition) is 7. The Morgan fingerprint density at radius 2 is 2.03 bits per heavy atom. The van der Waals surface area contributed by atoms with E-state index >= 15 is 0 Å². The number of rotatable bonds is 10. The first-order chi connectivity index (χ1) is 14.6. The van der Waals surface area contributed by atoms with Crippen molar-refractivity contribution in [3.63, 3.8) is 0 Å². The second-order valence-electron chi connectivity index (χ2n) is 7.54. The highest BCUT2D eigenvalue weighted by Crippen LogP contribution is 2.26. The van der Waals surface area contributed by atoms with Gasteiger partial charge >= 0.3 is 0 Å². The van der Waals surface area contributed by atoms with Gasteiger partial charge in [-0.05, 0) is 43.9 Å². The zero-order valence-corrected chi connectivity index (χ0v) is 18.1. The molecule has 1 aromatic heterocycles. The van der Waals surface area contributed by atoms with E-state index in [0.717, 1.165) is 42.9 Å². The number of carbonyl (C=O) groups excluding carboxylic acids is 1. The Kier molecular flexibility index (Phi) is 8.07. The lowest BCUT2D eigenvalue weighted by Gasteiger charge is -2.25. The van der Waals surface area contributed by atoms with Crippen molar-refractivity contribution in [2.24, 2.45) is 0 Å². The van der Waals surface area contributed by atoms with Crippen molar-refractivity contribution in [2.75, 3.05) is 34.4 Å². The van der Waals surface area contributed by atoms with Crippen LogP contribution in [0, 0.1) is 0 Å². The Morgan fingerprint density at radius 3 is 2.77 bits per heavy atom. The number of ether oxygens (including phenoxy) is 3. The average Bonchev–Trinajstić information content (AvgIpc) is 3.23. The molecule has 1 aliphatic heterocycles. The van der Waals surface area contributed by atoms with Crippen LogP contribution in [-0.2, 0) is 22.4 Å². The molecule has 1 fully saturated rings. The number of nitrogens with zero attached hydrogens (tertiary/aromatic N) is 3. The first-order valence-corrected chi connectivity index (χ1v) is 10.5. The minimum atomic E-state index is 0.0695. The third-order valence-electron chi connectivity index (χ3n) is 5.38. The molecule has 0 N–H and O–H groups in total. The van der Waals surface area contributed by atoms with E-state index in [4.69, 9.17) is 18.6 Å². The zero-order chi connectivity index (χ0) is 21.3. The number of carbonyl (C=O) groups is 1. The average molecular weight is 418 g/mol. The highest BCUT2D eigenvalue weighted by molar-refractivity contribution is 5.75. The quantitative estimate of drug-likeness (QED) is 0.587. The van der Waals surface area contributed by atoms with Crippen molar-refractivity contribution in [1.29, 1.82) is 0 Å². The van der Waals surface area contributed by atoms with E-state index in [-0.39, 0.29) is 12.0 Å². The first-order valence-electron chi connectivity index (χ1n) is 10.5. The van der Waals surface area contributed by atoms with Crippen molar-refractivity contribution in [1.82, 2.24) is 15.1 Å². The van der Waals surface area contributed by atoms with Crippen LogP contribution in [0.2, 0.25) is 0 Å². The second kappa shape index (κ2) is 11.0. The molecular formula is C22H31N3O5. The third-order valence-corrected chi connectivity index (χ3v) is 5.38. The van der Waals surface area contributed by atoms with E-state index < -0.39 is 0 Å². The van der Waals surface area contributed by atoms with Crippen molar-refractivity contribution in [3.05, 3.63) is 35.5 Å². The van der Waals surface area contributed by atoms with Gasteiger partial charge in [0, 0.05) is 38.6 Å². The molecule has 1 aliphatic rings. The largest absolute Gasteiger partial charge is 0.497 e. The Labute approximate surface area is 177 Å². The third kappa shape index (κ3) is 6.19. The summed E-state index contributed by atoms with van der Waals surface area (Å²) in [5.41, 5.74) is 0.896. The maximum atomic E-state index is 12.4. The van der Waals surface area contributed by atoms with Crippen LogP contribution < -0.4 is 9.47 Å². The number of aryl methyl sites for hydroxylation is 1. The fourth-order valence-corrected chi connectivity index (χ4v) is 3.55. The molecule has 1 atom stereocenters. The molecule has 8 heteroatoms. The van der Waals surface area contributed by atoms with Crippen LogP contribution >= 0.6 is 0 Å². The normalized spacial score (nSPS) is 16.3. The van der Waals surface area contributed by atoms with Gasteiger partial charge in [0.05, 0.1) is 26.7 Å². The molecule has 8 nitrogen and oxygen atoms in total. The highest BCUT2D eigenvalue weighted by Gasteiger charge is 2.17. The number of methoxy groups -OCH3 is 2. The van der Waals surface area contributed by atoms with E-state index in [1.165, 1.54) is 6.42 Å². The molecule has 0 bridgehead atoms. The predicted molar refractivity (Wildman–Crippen MR) is 111 cm³/mol. The molecule has 0 spiro atoms. The van der Waals surface area contributed by atoms with Crippen LogP contribution in [0.25, 0.3) is 0 Å². The van der Waals surface area contributed by atoms with E-state index in [1.54, 1.807) is 19.1 Å². The molecule has 0 radical (unpaired) electrons. The fourth-order valence-electron chi connectivity index (χ4n) is 3.55. The van der Waals surface area contributed by atoms with Crippen LogP contribution in [-0.4, -0.2) is 61.5 Å². The molecule has 0 saturated carbocycles. The first kappa shape index (κ1) is 22.1. The highest BCUT2D eigenvalue weighted by atomic mass is 16.5. The summed E-state index contributed by atoms with van der Waals surface area (Å²) in [5.74, 6) is 2.48. The summed E-state index contributed by atoms with van der Waals surface area (Å²) >= 11 is 0. The van der Waals surface area contributed by atoms with E-state index in [9.17, 15) is 4.79 Å². The van der Waals surface area contributed by atoms with Gasteiger partial charge in [-0.2, -0.15) is 0 Å². The Balaban J connectivity index is 1.47. The molecule has 1 aromatic carbocycles. The summed E-state index contributed by atoms with van der Waals surface area (Å²) in [6.07, 6.45) is 5.80. The van der Waals surface area contributed by atoms with E-state index in [2.05, 4.69) is 10.2 Å². The van der Waals surface area contributed by atoms with Crippen molar-refractivity contribution < 1.29 is 23.4 Å². The summed E-state index contributed by atoms with van der Waals surface area (Å²) in [7, 11) is 5.07. The summed E-state index contributed by atoms with van der Waals surface area (Å²) in [6.45, 7) is 1.54. The monoisotopic (exact) mass is 417 g/mol. The summed E-state index contributed by atoms with van der Waals surface area (Å²) in [6, 6.07) is 5.57. The zero-order valence-electron chi connectivity index (χ0n) is 18.1. The van der Waals surface area contributed by atoms with Gasteiger partial charge in [0.2, 0.25) is 17.7 Å². The summed E-state index contributed by atoms with van der Waals surface area (Å²) in [5, 5.41) is 8.19.